The van der Waals surface area contributed by atoms with E-state index in [1.807, 2.05) is 0 Å². The van der Waals surface area contributed by atoms with E-state index >= 15 is 0 Å². The minimum atomic E-state index is 0.525. The quantitative estimate of drug-likeness (QED) is 0.608. The molecule has 96 valence electrons. The average Bonchev–Trinajstić information content (AvgIpc) is 2.22. The molecule has 0 heterocycles. The Kier molecular flexibility index (Phi) is 7.01. The van der Waals surface area contributed by atoms with Crippen LogP contribution in [0.5, 0.6) is 0 Å². The third-order valence-corrected chi connectivity index (χ3v) is 3.56. The van der Waals surface area contributed by atoms with Gasteiger partial charge in [0.2, 0.25) is 0 Å². The van der Waals surface area contributed by atoms with Crippen LogP contribution in [0.4, 0.5) is 0 Å². The summed E-state index contributed by atoms with van der Waals surface area (Å²) in [5.74, 6) is 0.940. The van der Waals surface area contributed by atoms with E-state index in [4.69, 9.17) is 4.74 Å². The van der Waals surface area contributed by atoms with Crippen molar-refractivity contribution in [1.82, 2.24) is 10.2 Å². The van der Waals surface area contributed by atoms with Crippen molar-refractivity contribution in [3.63, 3.8) is 0 Å². The van der Waals surface area contributed by atoms with E-state index in [1.165, 1.54) is 32.2 Å². The maximum absolute atomic E-state index is 5.31. The molecule has 0 radical (unpaired) electrons. The zero-order valence-electron chi connectivity index (χ0n) is 11.2. The highest BCUT2D eigenvalue weighted by molar-refractivity contribution is 4.77. The van der Waals surface area contributed by atoms with Gasteiger partial charge in [-0.25, -0.2) is 0 Å². The molecule has 3 heteroatoms. The SMILES string of the molecule is CCCNCC(COC)N(C)CC1CCC1. The minimum absolute atomic E-state index is 0.525. The predicted molar refractivity (Wildman–Crippen MR) is 68.8 cm³/mol. The molecule has 1 rings (SSSR count). The second kappa shape index (κ2) is 8.04. The van der Waals surface area contributed by atoms with Crippen molar-refractivity contribution < 1.29 is 4.74 Å². The molecule has 0 spiro atoms. The molecular weight excluding hydrogens is 200 g/mol. The van der Waals surface area contributed by atoms with Gasteiger partial charge in [-0.1, -0.05) is 13.3 Å². The first-order valence-electron chi connectivity index (χ1n) is 6.67. The van der Waals surface area contributed by atoms with Gasteiger partial charge in [-0.2, -0.15) is 0 Å². The lowest BCUT2D eigenvalue weighted by Gasteiger charge is -2.34. The van der Waals surface area contributed by atoms with Crippen LogP contribution in [0.15, 0.2) is 0 Å². The zero-order valence-corrected chi connectivity index (χ0v) is 11.2. The number of ether oxygens (including phenoxy) is 1. The Morgan fingerprint density at radius 2 is 2.19 bits per heavy atom. The topological polar surface area (TPSA) is 24.5 Å². The molecule has 0 saturated heterocycles. The van der Waals surface area contributed by atoms with Gasteiger partial charge in [0.25, 0.3) is 0 Å². The molecule has 0 aromatic rings. The first kappa shape index (κ1) is 13.9. The number of hydrogen-bond donors (Lipinski definition) is 1. The molecule has 0 aromatic carbocycles. The second-order valence-electron chi connectivity index (χ2n) is 5.05. The summed E-state index contributed by atoms with van der Waals surface area (Å²) in [6, 6.07) is 0.525. The number of hydrogen-bond acceptors (Lipinski definition) is 3. The van der Waals surface area contributed by atoms with Crippen molar-refractivity contribution in [2.75, 3.05) is 40.4 Å². The normalized spacial score (nSPS) is 18.8. The first-order valence-corrected chi connectivity index (χ1v) is 6.67. The van der Waals surface area contributed by atoms with E-state index in [0.29, 0.717) is 6.04 Å². The van der Waals surface area contributed by atoms with E-state index in [1.54, 1.807) is 7.11 Å². The number of methoxy groups -OCH3 is 1. The Bertz CT molecular complexity index is 171. The third-order valence-electron chi connectivity index (χ3n) is 3.56. The van der Waals surface area contributed by atoms with Crippen LogP contribution in [-0.2, 0) is 4.74 Å². The van der Waals surface area contributed by atoms with Crippen molar-refractivity contribution in [3.05, 3.63) is 0 Å². The molecule has 3 nitrogen and oxygen atoms in total. The maximum Gasteiger partial charge on any atom is 0.0630 e. The van der Waals surface area contributed by atoms with Crippen LogP contribution in [0.1, 0.15) is 32.6 Å². The van der Waals surface area contributed by atoms with E-state index in [2.05, 4.69) is 24.2 Å². The molecule has 1 aliphatic carbocycles. The molecule has 0 amide bonds. The summed E-state index contributed by atoms with van der Waals surface area (Å²) in [5, 5.41) is 3.49. The van der Waals surface area contributed by atoms with Gasteiger partial charge in [0, 0.05) is 26.2 Å². The van der Waals surface area contributed by atoms with Crippen molar-refractivity contribution in [3.8, 4) is 0 Å². The highest BCUT2D eigenvalue weighted by atomic mass is 16.5. The van der Waals surface area contributed by atoms with Crippen molar-refractivity contribution in [2.24, 2.45) is 5.92 Å². The Labute approximate surface area is 101 Å². The fraction of sp³-hybridized carbons (Fsp3) is 1.00. The van der Waals surface area contributed by atoms with Crippen molar-refractivity contribution in [2.45, 2.75) is 38.6 Å². The average molecular weight is 228 g/mol. The van der Waals surface area contributed by atoms with Gasteiger partial charge >= 0.3 is 0 Å². The molecule has 1 N–H and O–H groups in total. The van der Waals surface area contributed by atoms with E-state index in [0.717, 1.165) is 25.6 Å². The molecule has 1 aliphatic rings. The van der Waals surface area contributed by atoms with Gasteiger partial charge in [-0.3, -0.25) is 4.90 Å². The predicted octanol–water partition coefficient (Wildman–Crippen LogP) is 1.73. The van der Waals surface area contributed by atoms with Crippen LogP contribution in [-0.4, -0.2) is 51.3 Å². The third kappa shape index (κ3) is 4.81. The minimum Gasteiger partial charge on any atom is -0.383 e. The largest absolute Gasteiger partial charge is 0.383 e. The number of nitrogens with one attached hydrogen (secondary N) is 1. The van der Waals surface area contributed by atoms with Crippen molar-refractivity contribution in [1.29, 1.82) is 0 Å². The van der Waals surface area contributed by atoms with Crippen molar-refractivity contribution >= 4 is 0 Å². The molecule has 16 heavy (non-hydrogen) atoms. The molecule has 0 aliphatic heterocycles. The number of rotatable bonds is 9. The van der Waals surface area contributed by atoms with Crippen LogP contribution in [0.3, 0.4) is 0 Å². The smallest absolute Gasteiger partial charge is 0.0630 e. The highest BCUT2D eigenvalue weighted by Gasteiger charge is 2.22. The monoisotopic (exact) mass is 228 g/mol. The standard InChI is InChI=1S/C13H28N2O/c1-4-8-14-9-13(11-16-3)15(2)10-12-6-5-7-12/h12-14H,4-11H2,1-3H3. The fourth-order valence-corrected chi connectivity index (χ4v) is 2.21. The van der Waals surface area contributed by atoms with Gasteiger partial charge in [0.1, 0.15) is 0 Å². The summed E-state index contributed by atoms with van der Waals surface area (Å²) in [5.41, 5.74) is 0. The summed E-state index contributed by atoms with van der Waals surface area (Å²) in [4.78, 5) is 2.47. The number of likely N-dealkylation sites (N-methyl/N-ethyl adjacent to an activating group) is 1. The molecule has 1 fully saturated rings. The van der Waals surface area contributed by atoms with Gasteiger partial charge in [-0.15, -0.1) is 0 Å². The van der Waals surface area contributed by atoms with Crippen LogP contribution < -0.4 is 5.32 Å². The molecule has 0 bridgehead atoms. The summed E-state index contributed by atoms with van der Waals surface area (Å²) in [6.45, 7) is 6.43. The molecule has 0 aromatic heterocycles. The van der Waals surface area contributed by atoms with E-state index < -0.39 is 0 Å². The van der Waals surface area contributed by atoms with Gasteiger partial charge < -0.3 is 10.1 Å². The lowest BCUT2D eigenvalue weighted by molar-refractivity contribution is 0.0842. The summed E-state index contributed by atoms with van der Waals surface area (Å²) in [6.07, 6.45) is 5.48. The van der Waals surface area contributed by atoms with Gasteiger partial charge in [0.15, 0.2) is 0 Å². The van der Waals surface area contributed by atoms with Crippen LogP contribution in [0.2, 0.25) is 0 Å². The van der Waals surface area contributed by atoms with Crippen LogP contribution in [0.25, 0.3) is 0 Å². The Morgan fingerprint density at radius 3 is 2.69 bits per heavy atom. The van der Waals surface area contributed by atoms with E-state index in [-0.39, 0.29) is 0 Å². The summed E-state index contributed by atoms with van der Waals surface area (Å²) < 4.78 is 5.31. The summed E-state index contributed by atoms with van der Waals surface area (Å²) in [7, 11) is 4.03. The summed E-state index contributed by atoms with van der Waals surface area (Å²) >= 11 is 0. The Balaban J connectivity index is 2.22. The molecule has 1 saturated carbocycles. The highest BCUT2D eigenvalue weighted by Crippen LogP contribution is 2.27. The van der Waals surface area contributed by atoms with E-state index in [9.17, 15) is 0 Å². The molecule has 1 unspecified atom stereocenters. The van der Waals surface area contributed by atoms with Crippen LogP contribution >= 0.6 is 0 Å². The van der Waals surface area contributed by atoms with Gasteiger partial charge in [-0.05, 0) is 38.8 Å². The van der Waals surface area contributed by atoms with Crippen LogP contribution in [0, 0.1) is 5.92 Å². The first-order chi connectivity index (χ1) is 7.77. The lowest BCUT2D eigenvalue weighted by atomic mass is 9.85. The fourth-order valence-electron chi connectivity index (χ4n) is 2.21. The zero-order chi connectivity index (χ0) is 11.8. The molecule has 1 atom stereocenters. The lowest BCUT2D eigenvalue weighted by Crippen LogP contribution is -2.45. The number of nitrogens with zero attached hydrogens (tertiary/aromatic N) is 1. The Hall–Kier alpha value is -0.120. The Morgan fingerprint density at radius 1 is 1.44 bits per heavy atom. The maximum atomic E-state index is 5.31. The van der Waals surface area contributed by atoms with Gasteiger partial charge in [0.05, 0.1) is 6.61 Å². The molecular formula is C13H28N2O. The second-order valence-corrected chi connectivity index (χ2v) is 5.05.